The molecule has 0 saturated carbocycles. The van der Waals surface area contributed by atoms with Crippen LogP contribution in [-0.4, -0.2) is 39.7 Å². The predicted octanol–water partition coefficient (Wildman–Crippen LogP) is 4.08. The highest BCUT2D eigenvalue weighted by molar-refractivity contribution is 9.10. The van der Waals surface area contributed by atoms with Crippen LogP contribution in [0.1, 0.15) is 5.56 Å². The number of ether oxygens (including phenoxy) is 1. The van der Waals surface area contributed by atoms with Gasteiger partial charge in [-0.15, -0.1) is 0 Å². The van der Waals surface area contributed by atoms with Crippen LogP contribution in [0.25, 0.3) is 11.5 Å². The number of morpholine rings is 1. The molecule has 0 spiro atoms. The maximum Gasteiger partial charge on any atom is 0.236 e. The number of hydrogen-bond acceptors (Lipinski definition) is 6. The van der Waals surface area contributed by atoms with Crippen molar-refractivity contribution in [2.24, 2.45) is 0 Å². The average molecular weight is 463 g/mol. The van der Waals surface area contributed by atoms with Gasteiger partial charge in [0, 0.05) is 23.1 Å². The van der Waals surface area contributed by atoms with Crippen molar-refractivity contribution in [3.8, 4) is 11.5 Å². The number of sulfone groups is 1. The molecule has 0 bridgehead atoms. The van der Waals surface area contributed by atoms with Crippen molar-refractivity contribution in [2.75, 3.05) is 31.2 Å². The SMILES string of the molecule is Cc1cccc(-c2nc(S(=O)(=O)c3ccc(Br)cc3)c(N3CCOCC3)o2)c1. The molecule has 4 rings (SSSR count). The Morgan fingerprint density at radius 3 is 2.46 bits per heavy atom. The van der Waals surface area contributed by atoms with Crippen LogP contribution in [0.5, 0.6) is 0 Å². The molecule has 1 aromatic heterocycles. The lowest BCUT2D eigenvalue weighted by atomic mass is 10.1. The topological polar surface area (TPSA) is 72.6 Å². The molecule has 0 unspecified atom stereocenters. The Labute approximate surface area is 172 Å². The average Bonchev–Trinajstić information content (AvgIpc) is 3.15. The highest BCUT2D eigenvalue weighted by Crippen LogP contribution is 2.35. The van der Waals surface area contributed by atoms with Crippen molar-refractivity contribution in [3.63, 3.8) is 0 Å². The van der Waals surface area contributed by atoms with Gasteiger partial charge in [-0.2, -0.15) is 4.98 Å². The summed E-state index contributed by atoms with van der Waals surface area (Å²) in [6, 6.07) is 14.2. The third-order valence-electron chi connectivity index (χ3n) is 4.52. The van der Waals surface area contributed by atoms with Gasteiger partial charge in [0.05, 0.1) is 18.1 Å². The number of benzene rings is 2. The van der Waals surface area contributed by atoms with Gasteiger partial charge in [-0.1, -0.05) is 33.6 Å². The van der Waals surface area contributed by atoms with E-state index in [-0.39, 0.29) is 15.8 Å². The third-order valence-corrected chi connectivity index (χ3v) is 6.72. The molecule has 0 radical (unpaired) electrons. The van der Waals surface area contributed by atoms with Crippen molar-refractivity contribution in [1.82, 2.24) is 4.98 Å². The van der Waals surface area contributed by atoms with Crippen LogP contribution in [-0.2, 0) is 14.6 Å². The summed E-state index contributed by atoms with van der Waals surface area (Å²) in [4.78, 5) is 6.47. The lowest BCUT2D eigenvalue weighted by Crippen LogP contribution is -2.36. The minimum absolute atomic E-state index is 0.0618. The normalized spacial score (nSPS) is 15.0. The first-order chi connectivity index (χ1) is 13.4. The third kappa shape index (κ3) is 3.72. The van der Waals surface area contributed by atoms with Gasteiger partial charge in [-0.3, -0.25) is 0 Å². The quantitative estimate of drug-likeness (QED) is 0.581. The zero-order valence-corrected chi connectivity index (χ0v) is 17.7. The summed E-state index contributed by atoms with van der Waals surface area (Å²) >= 11 is 3.34. The van der Waals surface area contributed by atoms with Gasteiger partial charge in [-0.25, -0.2) is 8.42 Å². The summed E-state index contributed by atoms with van der Waals surface area (Å²) in [6.45, 7) is 4.09. The lowest BCUT2D eigenvalue weighted by molar-refractivity contribution is 0.120. The first kappa shape index (κ1) is 19.2. The summed E-state index contributed by atoms with van der Waals surface area (Å²) in [5.41, 5.74) is 1.78. The molecule has 0 amide bonds. The van der Waals surface area contributed by atoms with E-state index in [0.717, 1.165) is 15.6 Å². The van der Waals surface area contributed by atoms with E-state index in [9.17, 15) is 8.42 Å². The second-order valence-corrected chi connectivity index (χ2v) is 9.34. The maximum absolute atomic E-state index is 13.3. The van der Waals surface area contributed by atoms with Crippen molar-refractivity contribution < 1.29 is 17.6 Å². The fourth-order valence-electron chi connectivity index (χ4n) is 3.07. The molecule has 0 aliphatic carbocycles. The largest absolute Gasteiger partial charge is 0.419 e. The minimum atomic E-state index is -3.84. The molecule has 8 heteroatoms. The lowest BCUT2D eigenvalue weighted by Gasteiger charge is -2.26. The number of anilines is 1. The molecule has 2 heterocycles. The minimum Gasteiger partial charge on any atom is -0.419 e. The zero-order valence-electron chi connectivity index (χ0n) is 15.3. The second kappa shape index (κ2) is 7.69. The number of aryl methyl sites for hydroxylation is 1. The van der Waals surface area contributed by atoms with Crippen LogP contribution in [0.4, 0.5) is 5.88 Å². The van der Waals surface area contributed by atoms with Crippen LogP contribution in [0.2, 0.25) is 0 Å². The van der Waals surface area contributed by atoms with E-state index >= 15 is 0 Å². The number of hydrogen-bond donors (Lipinski definition) is 0. The Kier molecular flexibility index (Phi) is 5.27. The van der Waals surface area contributed by atoms with Gasteiger partial charge in [0.15, 0.2) is 0 Å². The summed E-state index contributed by atoms with van der Waals surface area (Å²) in [6.07, 6.45) is 0. The monoisotopic (exact) mass is 462 g/mol. The Morgan fingerprint density at radius 2 is 1.79 bits per heavy atom. The summed E-state index contributed by atoms with van der Waals surface area (Å²) in [7, 11) is -3.84. The van der Waals surface area contributed by atoms with Crippen LogP contribution < -0.4 is 4.90 Å². The molecule has 3 aromatic rings. The summed E-state index contributed by atoms with van der Waals surface area (Å²) < 4.78 is 38.8. The number of rotatable bonds is 4. The molecule has 146 valence electrons. The van der Waals surface area contributed by atoms with E-state index in [1.807, 2.05) is 36.1 Å². The van der Waals surface area contributed by atoms with Gasteiger partial charge >= 0.3 is 0 Å². The van der Waals surface area contributed by atoms with E-state index in [0.29, 0.717) is 32.2 Å². The van der Waals surface area contributed by atoms with E-state index in [1.165, 1.54) is 0 Å². The van der Waals surface area contributed by atoms with E-state index in [4.69, 9.17) is 9.15 Å². The molecule has 1 saturated heterocycles. The molecular weight excluding hydrogens is 444 g/mol. The maximum atomic E-state index is 13.3. The van der Waals surface area contributed by atoms with Gasteiger partial charge < -0.3 is 14.1 Å². The Balaban J connectivity index is 1.85. The van der Waals surface area contributed by atoms with E-state index in [1.54, 1.807) is 24.3 Å². The van der Waals surface area contributed by atoms with E-state index < -0.39 is 9.84 Å². The molecule has 2 aromatic carbocycles. The van der Waals surface area contributed by atoms with Crippen LogP contribution in [0.15, 0.2) is 67.3 Å². The Bertz CT molecular complexity index is 1090. The molecular formula is C20H19BrN2O4S. The van der Waals surface area contributed by atoms with Gasteiger partial charge in [0.25, 0.3) is 0 Å². The molecule has 1 fully saturated rings. The second-order valence-electron chi connectivity index (χ2n) is 6.56. The molecule has 28 heavy (non-hydrogen) atoms. The first-order valence-electron chi connectivity index (χ1n) is 8.86. The summed E-state index contributed by atoms with van der Waals surface area (Å²) in [5, 5.41) is -0.0618. The fraction of sp³-hybridized carbons (Fsp3) is 0.250. The molecule has 0 N–H and O–H groups in total. The molecule has 0 atom stereocenters. The standard InChI is InChI=1S/C20H19BrN2O4S/c1-14-3-2-4-15(13-14)18-22-19(20(27-18)23-9-11-26-12-10-23)28(24,25)17-7-5-16(21)6-8-17/h2-8,13H,9-12H2,1H3. The van der Waals surface area contributed by atoms with Gasteiger partial charge in [0.2, 0.25) is 26.6 Å². The predicted molar refractivity (Wildman–Crippen MR) is 109 cm³/mol. The fourth-order valence-corrected chi connectivity index (χ4v) is 4.65. The van der Waals surface area contributed by atoms with Crippen LogP contribution in [0, 0.1) is 6.92 Å². The number of oxazole rings is 1. The smallest absolute Gasteiger partial charge is 0.236 e. The number of nitrogens with zero attached hydrogens (tertiary/aromatic N) is 2. The zero-order chi connectivity index (χ0) is 19.7. The van der Waals surface area contributed by atoms with Crippen molar-refractivity contribution in [1.29, 1.82) is 0 Å². The number of halogens is 1. The van der Waals surface area contributed by atoms with Crippen LogP contribution >= 0.6 is 15.9 Å². The summed E-state index contributed by atoms with van der Waals surface area (Å²) in [5.74, 6) is 0.559. The highest BCUT2D eigenvalue weighted by Gasteiger charge is 2.32. The Hall–Kier alpha value is -2.16. The van der Waals surface area contributed by atoms with Gasteiger partial charge in [0.1, 0.15) is 0 Å². The van der Waals surface area contributed by atoms with Crippen LogP contribution in [0.3, 0.4) is 0 Å². The van der Waals surface area contributed by atoms with Crippen molar-refractivity contribution in [3.05, 3.63) is 58.6 Å². The van der Waals surface area contributed by atoms with Crippen molar-refractivity contribution >= 4 is 31.7 Å². The molecule has 1 aliphatic rings. The molecule has 6 nitrogen and oxygen atoms in total. The molecule has 1 aliphatic heterocycles. The highest BCUT2D eigenvalue weighted by atomic mass is 79.9. The first-order valence-corrected chi connectivity index (χ1v) is 11.1. The number of aromatic nitrogens is 1. The Morgan fingerprint density at radius 1 is 1.07 bits per heavy atom. The van der Waals surface area contributed by atoms with E-state index in [2.05, 4.69) is 20.9 Å². The van der Waals surface area contributed by atoms with Gasteiger partial charge in [-0.05, 0) is 43.3 Å². The van der Waals surface area contributed by atoms with Crippen molar-refractivity contribution in [2.45, 2.75) is 16.8 Å².